The number of hydrogen-bond acceptors (Lipinski definition) is 4. The van der Waals surface area contributed by atoms with Crippen molar-refractivity contribution in [3.63, 3.8) is 0 Å². The minimum absolute atomic E-state index is 0.0685. The number of urea groups is 1. The third-order valence-electron chi connectivity index (χ3n) is 8.51. The Labute approximate surface area is 241 Å². The van der Waals surface area contributed by atoms with E-state index in [4.69, 9.17) is 0 Å². The highest BCUT2D eigenvalue weighted by Crippen LogP contribution is 2.34. The number of hydrogen-bond donors (Lipinski definition) is 4. The van der Waals surface area contributed by atoms with Crippen LogP contribution in [-0.4, -0.2) is 53.1 Å². The Morgan fingerprint density at radius 2 is 1.90 bits per heavy atom. The molecule has 1 aliphatic heterocycles. The summed E-state index contributed by atoms with van der Waals surface area (Å²) < 4.78 is 0. The Bertz CT molecular complexity index is 1440. The third kappa shape index (κ3) is 6.06. The minimum Gasteiger partial charge on any atom is -0.480 e. The Morgan fingerprint density at radius 3 is 2.66 bits per heavy atom. The van der Waals surface area contributed by atoms with Crippen LogP contribution in [0.2, 0.25) is 0 Å². The molecule has 2 aromatic carbocycles. The van der Waals surface area contributed by atoms with Gasteiger partial charge in [-0.2, -0.15) is 0 Å². The van der Waals surface area contributed by atoms with Crippen LogP contribution in [-0.2, 0) is 17.8 Å². The monoisotopic (exact) mass is 554 g/mol. The van der Waals surface area contributed by atoms with Gasteiger partial charge in [0.2, 0.25) is 0 Å². The number of carboxylic acid groups (broad SMARTS) is 1. The number of fused-ring (bicyclic) bond motifs is 1. The first-order valence-corrected chi connectivity index (χ1v) is 14.3. The predicted octanol–water partition coefficient (Wildman–Crippen LogP) is 4.62. The number of aliphatic carboxylic acids is 1. The van der Waals surface area contributed by atoms with Crippen molar-refractivity contribution in [1.29, 1.82) is 0 Å². The molecule has 0 radical (unpaired) electrons. The summed E-state index contributed by atoms with van der Waals surface area (Å²) >= 11 is 0. The summed E-state index contributed by atoms with van der Waals surface area (Å²) in [5.41, 5.74) is 9.00. The molecule has 214 valence electrons. The highest BCUT2D eigenvalue weighted by atomic mass is 16.4. The molecule has 1 heterocycles. The van der Waals surface area contributed by atoms with E-state index in [1.54, 1.807) is 0 Å². The number of allylic oxidation sites excluding steroid dienone is 2. The molecule has 4 N–H and O–H groups in total. The molecule has 41 heavy (non-hydrogen) atoms. The first kappa shape index (κ1) is 28.2. The molecule has 0 aromatic heterocycles. The number of carbonyl (C=O) groups is 3. The van der Waals surface area contributed by atoms with Crippen molar-refractivity contribution in [1.82, 2.24) is 20.9 Å². The smallest absolute Gasteiger partial charge is 0.328 e. The van der Waals surface area contributed by atoms with Gasteiger partial charge in [-0.15, -0.1) is 0 Å². The van der Waals surface area contributed by atoms with E-state index < -0.39 is 23.9 Å². The molecule has 3 aliphatic rings. The number of rotatable bonds is 8. The van der Waals surface area contributed by atoms with Crippen LogP contribution in [0.4, 0.5) is 4.79 Å². The van der Waals surface area contributed by atoms with Crippen LogP contribution >= 0.6 is 0 Å². The SMILES string of the molecule is C=C(c1ccccc1)N1CCc2c(cc(C)c(C(=O)N[C@@H](CNC(=O)NC3CCC4=C3C=CCC4)C(=O)O)c2C)C1. The van der Waals surface area contributed by atoms with E-state index in [1.807, 2.05) is 38.1 Å². The van der Waals surface area contributed by atoms with Crippen LogP contribution in [0.1, 0.15) is 63.9 Å². The number of nitrogens with one attached hydrogen (secondary N) is 3. The molecule has 0 saturated heterocycles. The first-order valence-electron chi connectivity index (χ1n) is 14.3. The Kier molecular flexibility index (Phi) is 8.28. The summed E-state index contributed by atoms with van der Waals surface area (Å²) in [6, 6.07) is 10.3. The first-order chi connectivity index (χ1) is 19.7. The van der Waals surface area contributed by atoms with Gasteiger partial charge in [-0.1, -0.05) is 60.7 Å². The second-order valence-corrected chi connectivity index (χ2v) is 11.1. The van der Waals surface area contributed by atoms with Crippen LogP contribution in [0.5, 0.6) is 0 Å². The highest BCUT2D eigenvalue weighted by Gasteiger charge is 2.29. The number of aryl methyl sites for hydroxylation is 1. The fraction of sp³-hybridized carbons (Fsp3) is 0.364. The van der Waals surface area contributed by atoms with Crippen LogP contribution in [0, 0.1) is 13.8 Å². The normalized spacial score (nSPS) is 18.3. The van der Waals surface area contributed by atoms with Crippen molar-refractivity contribution in [2.24, 2.45) is 0 Å². The molecule has 0 saturated carbocycles. The molecule has 0 fully saturated rings. The van der Waals surface area contributed by atoms with Crippen molar-refractivity contribution in [2.45, 2.75) is 64.6 Å². The predicted molar refractivity (Wildman–Crippen MR) is 159 cm³/mol. The van der Waals surface area contributed by atoms with Crippen molar-refractivity contribution < 1.29 is 19.5 Å². The molecular weight excluding hydrogens is 516 g/mol. The van der Waals surface area contributed by atoms with E-state index in [9.17, 15) is 19.5 Å². The average Bonchev–Trinajstić information content (AvgIpc) is 3.37. The average molecular weight is 555 g/mol. The molecule has 3 amide bonds. The van der Waals surface area contributed by atoms with Crippen LogP contribution in [0.3, 0.4) is 0 Å². The van der Waals surface area contributed by atoms with Gasteiger partial charge in [-0.05, 0) is 79.3 Å². The number of carbonyl (C=O) groups excluding carboxylic acids is 2. The molecule has 8 heteroatoms. The maximum Gasteiger partial charge on any atom is 0.328 e. The fourth-order valence-electron chi connectivity index (χ4n) is 6.34. The topological polar surface area (TPSA) is 111 Å². The molecule has 5 rings (SSSR count). The minimum atomic E-state index is -1.26. The molecule has 0 bridgehead atoms. The van der Waals surface area contributed by atoms with E-state index in [-0.39, 0.29) is 12.6 Å². The second kappa shape index (κ2) is 12.0. The largest absolute Gasteiger partial charge is 0.480 e. The molecule has 2 atom stereocenters. The zero-order valence-corrected chi connectivity index (χ0v) is 23.8. The van der Waals surface area contributed by atoms with Gasteiger partial charge in [0.15, 0.2) is 0 Å². The van der Waals surface area contributed by atoms with E-state index in [2.05, 4.69) is 51.7 Å². The summed E-state index contributed by atoms with van der Waals surface area (Å²) in [7, 11) is 0. The lowest BCUT2D eigenvalue weighted by Crippen LogP contribution is -2.51. The van der Waals surface area contributed by atoms with Gasteiger partial charge in [-0.25, -0.2) is 9.59 Å². The summed E-state index contributed by atoms with van der Waals surface area (Å²) in [5.74, 6) is -1.66. The standard InChI is InChI=1S/C33H38N4O4/c1-20-17-25-19-37(22(3)23-9-5-4-6-10-23)16-15-26(25)21(2)30(20)31(38)35-29(32(39)40)18-34-33(41)36-28-14-13-24-11-7-8-12-27(24)28/h4-6,8-10,12,17,28-29H,3,7,11,13-16,18-19H2,1-2H3,(H,35,38)(H,39,40)(H2,34,36,41)/t28?,29-/m0/s1. The van der Waals surface area contributed by atoms with E-state index in [0.29, 0.717) is 12.1 Å². The Hall–Kier alpha value is -4.33. The third-order valence-corrected chi connectivity index (χ3v) is 8.51. The summed E-state index contributed by atoms with van der Waals surface area (Å²) in [4.78, 5) is 40.3. The zero-order chi connectivity index (χ0) is 29.1. The van der Waals surface area contributed by atoms with Crippen molar-refractivity contribution in [3.05, 3.63) is 99.7 Å². The lowest BCUT2D eigenvalue weighted by molar-refractivity contribution is -0.139. The lowest BCUT2D eigenvalue weighted by atomic mass is 9.88. The van der Waals surface area contributed by atoms with Crippen molar-refractivity contribution in [3.8, 4) is 0 Å². The van der Waals surface area contributed by atoms with Crippen LogP contribution in [0.15, 0.2) is 66.3 Å². The van der Waals surface area contributed by atoms with E-state index >= 15 is 0 Å². The summed E-state index contributed by atoms with van der Waals surface area (Å²) in [6.07, 6.45) is 8.83. The van der Waals surface area contributed by atoms with Crippen LogP contribution in [0.25, 0.3) is 5.70 Å². The second-order valence-electron chi connectivity index (χ2n) is 11.1. The van der Waals surface area contributed by atoms with Crippen molar-refractivity contribution >= 4 is 23.6 Å². The van der Waals surface area contributed by atoms with Gasteiger partial charge in [0.1, 0.15) is 6.04 Å². The van der Waals surface area contributed by atoms with E-state index in [0.717, 1.165) is 72.2 Å². The van der Waals surface area contributed by atoms with Gasteiger partial charge in [0.05, 0.1) is 12.6 Å². The molecule has 8 nitrogen and oxygen atoms in total. The maximum atomic E-state index is 13.4. The number of amides is 3. The number of benzene rings is 2. The van der Waals surface area contributed by atoms with Gasteiger partial charge in [-0.3, -0.25) is 4.79 Å². The zero-order valence-electron chi connectivity index (χ0n) is 23.8. The van der Waals surface area contributed by atoms with Gasteiger partial charge in [0, 0.05) is 24.4 Å². The molecule has 1 unspecified atom stereocenters. The lowest BCUT2D eigenvalue weighted by Gasteiger charge is -2.34. The highest BCUT2D eigenvalue weighted by molar-refractivity contribution is 5.99. The molecular formula is C33H38N4O4. The molecule has 2 aliphatic carbocycles. The van der Waals surface area contributed by atoms with Gasteiger partial charge < -0.3 is 26.0 Å². The Morgan fingerprint density at radius 1 is 1.12 bits per heavy atom. The summed E-state index contributed by atoms with van der Waals surface area (Å²) in [5, 5.41) is 18.0. The maximum absolute atomic E-state index is 13.4. The van der Waals surface area contributed by atoms with Gasteiger partial charge in [0.25, 0.3) is 5.91 Å². The van der Waals surface area contributed by atoms with Crippen molar-refractivity contribution in [2.75, 3.05) is 13.1 Å². The Balaban J connectivity index is 1.22. The van der Waals surface area contributed by atoms with Crippen LogP contribution < -0.4 is 16.0 Å². The number of carboxylic acids is 1. The quantitative estimate of drug-likeness (QED) is 0.381. The number of nitrogens with zero attached hydrogens (tertiary/aromatic N) is 1. The van der Waals surface area contributed by atoms with E-state index in [1.165, 1.54) is 11.1 Å². The van der Waals surface area contributed by atoms with Gasteiger partial charge >= 0.3 is 12.0 Å². The fourth-order valence-corrected chi connectivity index (χ4v) is 6.34. The summed E-state index contributed by atoms with van der Waals surface area (Å²) in [6.45, 7) is 9.35. The molecule has 2 aromatic rings. The molecule has 0 spiro atoms.